The third-order valence-electron chi connectivity index (χ3n) is 1.49. The summed E-state index contributed by atoms with van der Waals surface area (Å²) in [6.07, 6.45) is 1.88. The summed E-state index contributed by atoms with van der Waals surface area (Å²) >= 11 is 0. The van der Waals surface area contributed by atoms with E-state index in [9.17, 15) is 5.11 Å². The molecule has 0 amide bonds. The van der Waals surface area contributed by atoms with E-state index in [4.69, 9.17) is 0 Å². The van der Waals surface area contributed by atoms with Gasteiger partial charge in [0.15, 0.2) is 0 Å². The van der Waals surface area contributed by atoms with E-state index < -0.39 is 5.60 Å². The second-order valence-electron chi connectivity index (χ2n) is 3.15. The number of nitrogens with one attached hydrogen (secondary N) is 1. The summed E-state index contributed by atoms with van der Waals surface area (Å²) in [4.78, 5) is 3.00. The van der Waals surface area contributed by atoms with Gasteiger partial charge in [0.2, 0.25) is 0 Å². The molecule has 0 aliphatic carbocycles. The van der Waals surface area contributed by atoms with Crippen LogP contribution in [0, 0.1) is 6.92 Å². The Morgan fingerprint density at radius 2 is 2.10 bits per heavy atom. The number of H-pyrrole nitrogens is 1. The number of rotatable bonds is 1. The Labute approximate surface area is 60.9 Å². The highest BCUT2D eigenvalue weighted by Gasteiger charge is 2.16. The van der Waals surface area contributed by atoms with Crippen LogP contribution < -0.4 is 0 Å². The lowest BCUT2D eigenvalue weighted by molar-refractivity contribution is 0.0744. The van der Waals surface area contributed by atoms with Gasteiger partial charge >= 0.3 is 0 Å². The molecule has 0 aliphatic rings. The Bertz CT molecular complexity index is 219. The largest absolute Gasteiger partial charge is 0.384 e. The molecular formula is C8H13NO. The molecule has 0 spiro atoms. The summed E-state index contributed by atoms with van der Waals surface area (Å²) < 4.78 is 0. The molecule has 0 aliphatic heterocycles. The minimum Gasteiger partial charge on any atom is -0.384 e. The lowest BCUT2D eigenvalue weighted by Gasteiger charge is -2.14. The second-order valence-corrected chi connectivity index (χ2v) is 3.15. The molecule has 1 aromatic rings. The molecule has 2 N–H and O–H groups in total. The molecule has 0 saturated carbocycles. The molecule has 1 heterocycles. The summed E-state index contributed by atoms with van der Waals surface area (Å²) in [7, 11) is 0. The molecule has 2 nitrogen and oxygen atoms in total. The monoisotopic (exact) mass is 139 g/mol. The minimum atomic E-state index is -0.742. The molecule has 1 aromatic heterocycles. The third kappa shape index (κ3) is 1.39. The zero-order valence-corrected chi connectivity index (χ0v) is 6.60. The van der Waals surface area contributed by atoms with Gasteiger partial charge in [-0.2, -0.15) is 0 Å². The number of hydrogen-bond acceptors (Lipinski definition) is 1. The van der Waals surface area contributed by atoms with E-state index >= 15 is 0 Å². The predicted molar refractivity (Wildman–Crippen MR) is 40.8 cm³/mol. The van der Waals surface area contributed by atoms with Crippen LogP contribution in [0.2, 0.25) is 0 Å². The van der Waals surface area contributed by atoms with Crippen LogP contribution in [0.15, 0.2) is 12.3 Å². The number of hydrogen-bond donors (Lipinski definition) is 2. The lowest BCUT2D eigenvalue weighted by Crippen LogP contribution is -2.15. The van der Waals surface area contributed by atoms with E-state index in [2.05, 4.69) is 4.98 Å². The van der Waals surface area contributed by atoms with Crippen LogP contribution >= 0.6 is 0 Å². The fourth-order valence-corrected chi connectivity index (χ4v) is 0.856. The van der Waals surface area contributed by atoms with Gasteiger partial charge in [-0.1, -0.05) is 0 Å². The maximum Gasteiger partial charge on any atom is 0.0987 e. The maximum absolute atomic E-state index is 9.47. The molecule has 0 aromatic carbocycles. The van der Waals surface area contributed by atoms with Gasteiger partial charge in [-0.15, -0.1) is 0 Å². The molecule has 10 heavy (non-hydrogen) atoms. The lowest BCUT2D eigenvalue weighted by atomic mass is 10.1. The average Bonchev–Trinajstić information content (AvgIpc) is 2.11. The molecular weight excluding hydrogens is 126 g/mol. The van der Waals surface area contributed by atoms with Crippen molar-refractivity contribution in [1.29, 1.82) is 0 Å². The van der Waals surface area contributed by atoms with Crippen molar-refractivity contribution >= 4 is 0 Å². The first-order valence-corrected chi connectivity index (χ1v) is 3.38. The van der Waals surface area contributed by atoms with Crippen LogP contribution in [0.5, 0.6) is 0 Å². The first kappa shape index (κ1) is 7.35. The molecule has 2 heteroatoms. The van der Waals surface area contributed by atoms with E-state index in [1.54, 1.807) is 13.8 Å². The third-order valence-corrected chi connectivity index (χ3v) is 1.49. The van der Waals surface area contributed by atoms with Crippen molar-refractivity contribution in [2.75, 3.05) is 0 Å². The zero-order chi connectivity index (χ0) is 7.78. The van der Waals surface area contributed by atoms with Gasteiger partial charge < -0.3 is 10.1 Å². The topological polar surface area (TPSA) is 36.0 Å². The maximum atomic E-state index is 9.47. The highest BCUT2D eigenvalue weighted by Crippen LogP contribution is 2.17. The van der Waals surface area contributed by atoms with Crippen LogP contribution in [0.1, 0.15) is 25.1 Å². The summed E-state index contributed by atoms with van der Waals surface area (Å²) in [6.45, 7) is 5.52. The van der Waals surface area contributed by atoms with E-state index in [1.165, 1.54) is 0 Å². The molecule has 56 valence electrons. The van der Waals surface area contributed by atoms with Gasteiger partial charge in [0.1, 0.15) is 0 Å². The normalized spacial score (nSPS) is 12.0. The summed E-state index contributed by atoms with van der Waals surface area (Å²) in [6, 6.07) is 1.94. The summed E-state index contributed by atoms with van der Waals surface area (Å²) in [5, 5.41) is 9.47. The molecule has 0 unspecified atom stereocenters. The predicted octanol–water partition coefficient (Wildman–Crippen LogP) is 1.55. The van der Waals surface area contributed by atoms with Crippen LogP contribution in [-0.4, -0.2) is 10.1 Å². The number of aromatic nitrogens is 1. The van der Waals surface area contributed by atoms with Crippen molar-refractivity contribution in [2.45, 2.75) is 26.4 Å². The standard InChI is InChI=1S/C8H13NO/c1-6-4-7(9-5-6)8(2,3)10/h4-5,9-10H,1-3H3. The SMILES string of the molecule is Cc1c[nH]c(C(C)(C)O)c1. The first-order chi connectivity index (χ1) is 4.50. The van der Waals surface area contributed by atoms with Gasteiger partial charge in [-0.3, -0.25) is 0 Å². The highest BCUT2D eigenvalue weighted by molar-refractivity contribution is 5.18. The van der Waals surface area contributed by atoms with Gasteiger partial charge in [0.05, 0.1) is 5.60 Å². The fourth-order valence-electron chi connectivity index (χ4n) is 0.856. The van der Waals surface area contributed by atoms with Gasteiger partial charge in [-0.05, 0) is 32.4 Å². The van der Waals surface area contributed by atoms with Crippen LogP contribution in [0.3, 0.4) is 0 Å². The Morgan fingerprint density at radius 1 is 1.50 bits per heavy atom. The van der Waals surface area contributed by atoms with Crippen molar-refractivity contribution in [1.82, 2.24) is 4.98 Å². The Morgan fingerprint density at radius 3 is 2.30 bits per heavy atom. The van der Waals surface area contributed by atoms with E-state index in [-0.39, 0.29) is 0 Å². The van der Waals surface area contributed by atoms with Crippen molar-refractivity contribution in [3.63, 3.8) is 0 Å². The van der Waals surface area contributed by atoms with Crippen molar-refractivity contribution in [3.05, 3.63) is 23.5 Å². The average molecular weight is 139 g/mol. The number of aryl methyl sites for hydroxylation is 1. The van der Waals surface area contributed by atoms with Crippen molar-refractivity contribution in [3.8, 4) is 0 Å². The Hall–Kier alpha value is -0.760. The van der Waals surface area contributed by atoms with Gasteiger partial charge in [0, 0.05) is 11.9 Å². The van der Waals surface area contributed by atoms with E-state index in [0.29, 0.717) is 0 Å². The van der Waals surface area contributed by atoms with Crippen LogP contribution in [-0.2, 0) is 5.60 Å². The Balaban J connectivity index is 2.96. The summed E-state index contributed by atoms with van der Waals surface area (Å²) in [5.41, 5.74) is 1.27. The first-order valence-electron chi connectivity index (χ1n) is 3.38. The summed E-state index contributed by atoms with van der Waals surface area (Å²) in [5.74, 6) is 0. The molecule has 1 rings (SSSR count). The van der Waals surface area contributed by atoms with Gasteiger partial charge in [-0.25, -0.2) is 0 Å². The van der Waals surface area contributed by atoms with E-state index in [0.717, 1.165) is 11.3 Å². The van der Waals surface area contributed by atoms with E-state index in [1.807, 2.05) is 19.2 Å². The molecule has 0 bridgehead atoms. The molecule has 0 atom stereocenters. The number of aliphatic hydroxyl groups is 1. The second kappa shape index (κ2) is 2.13. The van der Waals surface area contributed by atoms with Crippen LogP contribution in [0.4, 0.5) is 0 Å². The van der Waals surface area contributed by atoms with Gasteiger partial charge in [0.25, 0.3) is 0 Å². The fraction of sp³-hybridized carbons (Fsp3) is 0.500. The molecule has 0 radical (unpaired) electrons. The zero-order valence-electron chi connectivity index (χ0n) is 6.60. The smallest absolute Gasteiger partial charge is 0.0987 e. The Kier molecular flexibility index (Phi) is 1.57. The molecule has 0 saturated heterocycles. The van der Waals surface area contributed by atoms with Crippen LogP contribution in [0.25, 0.3) is 0 Å². The quantitative estimate of drug-likeness (QED) is 0.608. The molecule has 0 fully saturated rings. The van der Waals surface area contributed by atoms with Crippen molar-refractivity contribution in [2.24, 2.45) is 0 Å². The highest BCUT2D eigenvalue weighted by atomic mass is 16.3. The van der Waals surface area contributed by atoms with Crippen molar-refractivity contribution < 1.29 is 5.11 Å². The number of aromatic amines is 1. The minimum absolute atomic E-state index is 0.742.